The number of amides is 1. The van der Waals surface area contributed by atoms with Gasteiger partial charge in [0.25, 0.3) is 5.91 Å². The Kier molecular flexibility index (Phi) is 4.89. The third-order valence-corrected chi connectivity index (χ3v) is 4.41. The normalized spacial score (nSPS) is 22.3. The van der Waals surface area contributed by atoms with Crippen molar-refractivity contribution in [3.63, 3.8) is 0 Å². The van der Waals surface area contributed by atoms with E-state index in [9.17, 15) is 14.7 Å². The molecule has 0 bridgehead atoms. The molecule has 1 aromatic rings. The van der Waals surface area contributed by atoms with Crippen molar-refractivity contribution >= 4 is 35.1 Å². The minimum Gasteiger partial charge on any atom is -0.481 e. The fraction of sp³-hybridized carbons (Fsp3) is 0.429. The maximum Gasteiger partial charge on any atom is 0.308 e. The van der Waals surface area contributed by atoms with E-state index in [4.69, 9.17) is 23.2 Å². The number of halogens is 2. The van der Waals surface area contributed by atoms with E-state index >= 15 is 0 Å². The van der Waals surface area contributed by atoms with Crippen LogP contribution in [0.3, 0.4) is 0 Å². The smallest absolute Gasteiger partial charge is 0.308 e. The molecule has 0 aliphatic heterocycles. The lowest BCUT2D eigenvalue weighted by molar-refractivity contribution is -0.143. The number of benzene rings is 1. The van der Waals surface area contributed by atoms with Crippen LogP contribution in [0.1, 0.15) is 36.0 Å². The summed E-state index contributed by atoms with van der Waals surface area (Å²) in [5.74, 6) is -1.78. The Morgan fingerprint density at radius 3 is 2.60 bits per heavy atom. The lowest BCUT2D eigenvalue weighted by Crippen LogP contribution is -2.45. The first kappa shape index (κ1) is 15.1. The highest BCUT2D eigenvalue weighted by Gasteiger charge is 2.32. The molecular formula is C14H15Cl2NO3. The van der Waals surface area contributed by atoms with Crippen molar-refractivity contribution in [3.8, 4) is 0 Å². The van der Waals surface area contributed by atoms with Gasteiger partial charge in [0, 0.05) is 6.04 Å². The minimum atomic E-state index is -0.868. The van der Waals surface area contributed by atoms with Crippen LogP contribution in [0.25, 0.3) is 0 Å². The van der Waals surface area contributed by atoms with Crippen LogP contribution in [-0.2, 0) is 4.79 Å². The lowest BCUT2D eigenvalue weighted by Gasteiger charge is -2.29. The summed E-state index contributed by atoms with van der Waals surface area (Å²) in [7, 11) is 0. The molecular weight excluding hydrogens is 301 g/mol. The maximum absolute atomic E-state index is 12.2. The monoisotopic (exact) mass is 315 g/mol. The van der Waals surface area contributed by atoms with Crippen LogP contribution in [0, 0.1) is 5.92 Å². The van der Waals surface area contributed by atoms with E-state index in [1.807, 2.05) is 0 Å². The second kappa shape index (κ2) is 6.46. The average molecular weight is 316 g/mol. The van der Waals surface area contributed by atoms with Crippen LogP contribution in [0.5, 0.6) is 0 Å². The summed E-state index contributed by atoms with van der Waals surface area (Å²) in [6, 6.07) is 4.45. The molecule has 1 fully saturated rings. The van der Waals surface area contributed by atoms with Gasteiger partial charge in [0.15, 0.2) is 0 Å². The zero-order valence-corrected chi connectivity index (χ0v) is 12.2. The third-order valence-electron chi connectivity index (χ3n) is 3.60. The largest absolute Gasteiger partial charge is 0.481 e. The van der Waals surface area contributed by atoms with Gasteiger partial charge in [0.05, 0.1) is 21.5 Å². The molecule has 6 heteroatoms. The van der Waals surface area contributed by atoms with Gasteiger partial charge < -0.3 is 10.4 Å². The van der Waals surface area contributed by atoms with Crippen LogP contribution < -0.4 is 5.32 Å². The number of aliphatic carboxylic acids is 1. The van der Waals surface area contributed by atoms with Crippen LogP contribution in [0.2, 0.25) is 10.0 Å². The SMILES string of the molecule is O=C(NC1CCCCC1C(=O)O)c1cccc(Cl)c1Cl. The van der Waals surface area contributed by atoms with Crippen LogP contribution >= 0.6 is 23.2 Å². The highest BCUT2D eigenvalue weighted by atomic mass is 35.5. The number of carboxylic acids is 1. The molecule has 1 aromatic carbocycles. The van der Waals surface area contributed by atoms with Gasteiger partial charge in [-0.2, -0.15) is 0 Å². The van der Waals surface area contributed by atoms with Crippen molar-refractivity contribution in [2.24, 2.45) is 5.92 Å². The van der Waals surface area contributed by atoms with Gasteiger partial charge in [-0.15, -0.1) is 0 Å². The van der Waals surface area contributed by atoms with Gasteiger partial charge in [-0.1, -0.05) is 42.1 Å². The fourth-order valence-electron chi connectivity index (χ4n) is 2.52. The number of carboxylic acid groups (broad SMARTS) is 1. The second-order valence-electron chi connectivity index (χ2n) is 4.91. The Morgan fingerprint density at radius 1 is 1.20 bits per heavy atom. The Morgan fingerprint density at radius 2 is 1.90 bits per heavy atom. The predicted molar refractivity (Wildman–Crippen MR) is 77.3 cm³/mol. The summed E-state index contributed by atoms with van der Waals surface area (Å²) in [4.78, 5) is 23.4. The minimum absolute atomic E-state index is 0.189. The zero-order valence-electron chi connectivity index (χ0n) is 10.7. The molecule has 2 unspecified atom stereocenters. The highest BCUT2D eigenvalue weighted by molar-refractivity contribution is 6.43. The topological polar surface area (TPSA) is 66.4 Å². The lowest BCUT2D eigenvalue weighted by atomic mass is 9.84. The molecule has 108 valence electrons. The molecule has 0 heterocycles. The molecule has 1 aliphatic rings. The van der Waals surface area contributed by atoms with Crippen LogP contribution in [0.15, 0.2) is 18.2 Å². The first-order chi connectivity index (χ1) is 9.50. The predicted octanol–water partition coefficient (Wildman–Crippen LogP) is 3.37. The van der Waals surface area contributed by atoms with Crippen molar-refractivity contribution in [2.45, 2.75) is 31.7 Å². The van der Waals surface area contributed by atoms with Crippen molar-refractivity contribution in [1.82, 2.24) is 5.32 Å². The van der Waals surface area contributed by atoms with Crippen molar-refractivity contribution in [3.05, 3.63) is 33.8 Å². The van der Waals surface area contributed by atoms with E-state index in [2.05, 4.69) is 5.32 Å². The summed E-state index contributed by atoms with van der Waals surface area (Å²) in [6.07, 6.45) is 3.05. The quantitative estimate of drug-likeness (QED) is 0.898. The molecule has 0 aromatic heterocycles. The number of carbonyl (C=O) groups is 2. The van der Waals surface area contributed by atoms with Gasteiger partial charge in [-0.05, 0) is 25.0 Å². The Balaban J connectivity index is 2.14. The maximum atomic E-state index is 12.2. The average Bonchev–Trinajstić information content (AvgIpc) is 2.42. The molecule has 4 nitrogen and oxygen atoms in total. The van der Waals surface area contributed by atoms with Gasteiger partial charge in [0.1, 0.15) is 0 Å². The van der Waals surface area contributed by atoms with Crippen molar-refractivity contribution < 1.29 is 14.7 Å². The molecule has 0 spiro atoms. The molecule has 2 rings (SSSR count). The summed E-state index contributed by atoms with van der Waals surface area (Å²) >= 11 is 11.9. The summed E-state index contributed by atoms with van der Waals surface area (Å²) in [6.45, 7) is 0. The van der Waals surface area contributed by atoms with Crippen LogP contribution in [0.4, 0.5) is 0 Å². The van der Waals surface area contributed by atoms with Gasteiger partial charge >= 0.3 is 5.97 Å². The molecule has 2 atom stereocenters. The molecule has 1 amide bonds. The number of rotatable bonds is 3. The molecule has 0 saturated heterocycles. The van der Waals surface area contributed by atoms with Gasteiger partial charge in [-0.3, -0.25) is 9.59 Å². The number of carbonyl (C=O) groups excluding carboxylic acids is 1. The summed E-state index contributed by atoms with van der Waals surface area (Å²) < 4.78 is 0. The molecule has 20 heavy (non-hydrogen) atoms. The first-order valence-corrected chi connectivity index (χ1v) is 7.24. The van der Waals surface area contributed by atoms with E-state index in [1.54, 1.807) is 18.2 Å². The molecule has 2 N–H and O–H groups in total. The Bertz CT molecular complexity index is 533. The number of hydrogen-bond acceptors (Lipinski definition) is 2. The molecule has 1 aliphatic carbocycles. The van der Waals surface area contributed by atoms with Gasteiger partial charge in [0.2, 0.25) is 0 Å². The Hall–Kier alpha value is -1.26. The van der Waals surface area contributed by atoms with Gasteiger partial charge in [-0.25, -0.2) is 0 Å². The van der Waals surface area contributed by atoms with Crippen molar-refractivity contribution in [2.75, 3.05) is 0 Å². The van der Waals surface area contributed by atoms with E-state index in [-0.39, 0.29) is 22.5 Å². The van der Waals surface area contributed by atoms with E-state index < -0.39 is 11.9 Å². The standard InChI is InChI=1S/C14H15Cl2NO3/c15-10-6-3-5-9(12(10)16)13(18)17-11-7-2-1-4-8(11)14(19)20/h3,5-6,8,11H,1-2,4,7H2,(H,17,18)(H,19,20). The van der Waals surface area contributed by atoms with Crippen LogP contribution in [-0.4, -0.2) is 23.0 Å². The van der Waals surface area contributed by atoms with Crippen molar-refractivity contribution in [1.29, 1.82) is 0 Å². The second-order valence-corrected chi connectivity index (χ2v) is 5.70. The Labute approximate surface area is 127 Å². The van der Waals surface area contributed by atoms with E-state index in [0.29, 0.717) is 17.9 Å². The number of nitrogens with one attached hydrogen (secondary N) is 1. The zero-order chi connectivity index (χ0) is 14.7. The molecule has 1 saturated carbocycles. The summed E-state index contributed by atoms with van der Waals surface area (Å²) in [5.41, 5.74) is 0.272. The fourth-order valence-corrected chi connectivity index (χ4v) is 2.91. The third kappa shape index (κ3) is 3.25. The first-order valence-electron chi connectivity index (χ1n) is 6.48. The summed E-state index contributed by atoms with van der Waals surface area (Å²) in [5, 5.41) is 12.5. The highest BCUT2D eigenvalue weighted by Crippen LogP contribution is 2.28. The molecule has 0 radical (unpaired) electrons. The van der Waals surface area contributed by atoms with E-state index in [0.717, 1.165) is 12.8 Å². The number of hydrogen-bond donors (Lipinski definition) is 2. The van der Waals surface area contributed by atoms with E-state index in [1.165, 1.54) is 0 Å².